The number of hydrogen-bond donors (Lipinski definition) is 0. The minimum Gasteiger partial charge on any atom is -0.341 e. The van der Waals surface area contributed by atoms with Gasteiger partial charge in [0.05, 0.1) is 0 Å². The van der Waals surface area contributed by atoms with Crippen LogP contribution < -0.4 is 0 Å². The van der Waals surface area contributed by atoms with Gasteiger partial charge in [-0.3, -0.25) is 4.79 Å². The van der Waals surface area contributed by atoms with E-state index in [-0.39, 0.29) is 5.91 Å². The lowest BCUT2D eigenvalue weighted by Crippen LogP contribution is -2.52. The molecule has 0 N–H and O–H groups in total. The highest BCUT2D eigenvalue weighted by molar-refractivity contribution is 5.76. The van der Waals surface area contributed by atoms with Gasteiger partial charge < -0.3 is 14.4 Å². The smallest absolute Gasteiger partial charge is 0.242 e. The van der Waals surface area contributed by atoms with E-state index >= 15 is 0 Å². The first-order valence-electron chi connectivity index (χ1n) is 10.6. The molecule has 0 radical (unpaired) electrons. The highest BCUT2D eigenvalue weighted by Gasteiger charge is 2.42. The molecule has 5 nitrogen and oxygen atoms in total. The van der Waals surface area contributed by atoms with E-state index in [4.69, 9.17) is 0 Å². The highest BCUT2D eigenvalue weighted by Crippen LogP contribution is 2.45. The van der Waals surface area contributed by atoms with Gasteiger partial charge in [-0.1, -0.05) is 37.3 Å². The average Bonchev–Trinajstić information content (AvgIpc) is 3.13. The van der Waals surface area contributed by atoms with Crippen molar-refractivity contribution in [2.75, 3.05) is 32.7 Å². The Balaban J connectivity index is 1.41. The van der Waals surface area contributed by atoms with Crippen molar-refractivity contribution in [3.05, 3.63) is 54.1 Å². The Morgan fingerprint density at radius 3 is 2.61 bits per heavy atom. The molecular formula is C23H32N4O. The van der Waals surface area contributed by atoms with Crippen LogP contribution in [0, 0.1) is 12.3 Å². The van der Waals surface area contributed by atoms with Crippen LogP contribution >= 0.6 is 0 Å². The molecule has 1 spiro atoms. The first-order chi connectivity index (χ1) is 13.6. The number of likely N-dealkylation sites (tertiary alicyclic amines) is 2. The van der Waals surface area contributed by atoms with Crippen molar-refractivity contribution in [1.29, 1.82) is 0 Å². The van der Waals surface area contributed by atoms with Crippen LogP contribution in [-0.2, 0) is 11.3 Å². The van der Waals surface area contributed by atoms with E-state index < -0.39 is 0 Å². The molecule has 2 aromatic rings. The van der Waals surface area contributed by atoms with Gasteiger partial charge in [-0.25, -0.2) is 4.98 Å². The maximum Gasteiger partial charge on any atom is 0.242 e. The minimum atomic E-state index is 0.221. The fourth-order valence-electron chi connectivity index (χ4n) is 5.10. The molecule has 3 heterocycles. The van der Waals surface area contributed by atoms with Crippen LogP contribution in [0.2, 0.25) is 0 Å². The molecule has 5 heteroatoms. The fourth-order valence-corrected chi connectivity index (χ4v) is 5.10. The standard InChI is InChI=1S/C23H32N4O/c1-3-25-16-21(20-7-5-4-6-8-20)15-23(18-25)9-12-26(13-10-23)22(28)17-27-14-11-24-19(27)2/h4-8,11,14,21H,3,9-10,12-13,15-18H2,1-2H3. The van der Waals surface area contributed by atoms with Crippen molar-refractivity contribution < 1.29 is 4.79 Å². The first kappa shape index (κ1) is 19.2. The van der Waals surface area contributed by atoms with Gasteiger partial charge in [0.15, 0.2) is 0 Å². The van der Waals surface area contributed by atoms with E-state index in [1.807, 2.05) is 17.7 Å². The number of aryl methyl sites for hydroxylation is 1. The van der Waals surface area contributed by atoms with Gasteiger partial charge in [0.1, 0.15) is 12.4 Å². The van der Waals surface area contributed by atoms with Gasteiger partial charge in [-0.05, 0) is 49.6 Å². The number of benzene rings is 1. The number of carbonyl (C=O) groups is 1. The van der Waals surface area contributed by atoms with Gasteiger partial charge in [0, 0.05) is 38.6 Å². The molecule has 28 heavy (non-hydrogen) atoms. The molecule has 1 aromatic carbocycles. The topological polar surface area (TPSA) is 41.4 Å². The summed E-state index contributed by atoms with van der Waals surface area (Å²) in [6.45, 7) is 9.83. The third-order valence-corrected chi connectivity index (χ3v) is 6.84. The van der Waals surface area contributed by atoms with Gasteiger partial charge in [0.2, 0.25) is 5.91 Å². The maximum absolute atomic E-state index is 12.8. The summed E-state index contributed by atoms with van der Waals surface area (Å²) in [4.78, 5) is 21.7. The molecule has 0 aliphatic carbocycles. The van der Waals surface area contributed by atoms with Crippen LogP contribution in [0.3, 0.4) is 0 Å². The van der Waals surface area contributed by atoms with Crippen molar-refractivity contribution in [3.8, 4) is 0 Å². The van der Waals surface area contributed by atoms with E-state index in [9.17, 15) is 4.79 Å². The van der Waals surface area contributed by atoms with Crippen molar-refractivity contribution in [3.63, 3.8) is 0 Å². The largest absolute Gasteiger partial charge is 0.341 e. The maximum atomic E-state index is 12.8. The summed E-state index contributed by atoms with van der Waals surface area (Å²) in [5, 5.41) is 0. The molecule has 1 unspecified atom stereocenters. The molecule has 150 valence electrons. The van der Waals surface area contributed by atoms with Crippen LogP contribution in [0.1, 0.15) is 43.5 Å². The molecule has 2 saturated heterocycles. The zero-order valence-corrected chi connectivity index (χ0v) is 17.2. The number of amides is 1. The highest BCUT2D eigenvalue weighted by atomic mass is 16.2. The van der Waals surface area contributed by atoms with Gasteiger partial charge in [0.25, 0.3) is 0 Å². The molecule has 1 atom stereocenters. The van der Waals surface area contributed by atoms with Gasteiger partial charge in [-0.15, -0.1) is 0 Å². The lowest BCUT2D eigenvalue weighted by atomic mass is 9.68. The quantitative estimate of drug-likeness (QED) is 0.817. The Morgan fingerprint density at radius 2 is 1.96 bits per heavy atom. The number of imidazole rings is 1. The summed E-state index contributed by atoms with van der Waals surface area (Å²) in [5.74, 6) is 1.72. The Kier molecular flexibility index (Phi) is 5.54. The normalized spacial score (nSPS) is 22.5. The zero-order valence-electron chi connectivity index (χ0n) is 17.2. The van der Waals surface area contributed by atoms with Gasteiger partial charge >= 0.3 is 0 Å². The summed E-state index contributed by atoms with van der Waals surface area (Å²) in [5.41, 5.74) is 1.81. The van der Waals surface area contributed by atoms with Crippen molar-refractivity contribution >= 4 is 5.91 Å². The van der Waals surface area contributed by atoms with Crippen LogP contribution in [-0.4, -0.2) is 58.0 Å². The first-order valence-corrected chi connectivity index (χ1v) is 10.6. The number of likely N-dealkylation sites (N-methyl/N-ethyl adjacent to an activating group) is 1. The lowest BCUT2D eigenvalue weighted by Gasteiger charge is -2.50. The van der Waals surface area contributed by atoms with Crippen LogP contribution in [0.25, 0.3) is 0 Å². The predicted molar refractivity (Wildman–Crippen MR) is 111 cm³/mol. The Labute approximate surface area is 168 Å². The van der Waals surface area contributed by atoms with E-state index in [1.54, 1.807) is 6.20 Å². The predicted octanol–water partition coefficient (Wildman–Crippen LogP) is 3.31. The summed E-state index contributed by atoms with van der Waals surface area (Å²) in [6, 6.07) is 11.0. The SMILES string of the molecule is CCN1CC(c2ccccc2)CC2(CCN(C(=O)Cn3ccnc3C)CC2)C1. The second-order valence-electron chi connectivity index (χ2n) is 8.62. The van der Waals surface area contributed by atoms with Gasteiger partial charge in [-0.2, -0.15) is 0 Å². The number of aromatic nitrogens is 2. The molecular weight excluding hydrogens is 348 g/mol. The molecule has 0 bridgehead atoms. The second-order valence-corrected chi connectivity index (χ2v) is 8.62. The molecule has 2 aliphatic rings. The molecule has 2 aliphatic heterocycles. The van der Waals surface area contributed by atoms with E-state index in [1.165, 1.54) is 18.5 Å². The zero-order chi connectivity index (χ0) is 19.6. The van der Waals surface area contributed by atoms with E-state index in [0.29, 0.717) is 17.9 Å². The Hall–Kier alpha value is -2.14. The average molecular weight is 381 g/mol. The number of piperidine rings is 2. The summed E-state index contributed by atoms with van der Waals surface area (Å²) >= 11 is 0. The monoisotopic (exact) mass is 380 g/mol. The summed E-state index contributed by atoms with van der Waals surface area (Å²) in [7, 11) is 0. The molecule has 0 saturated carbocycles. The number of nitrogens with zero attached hydrogens (tertiary/aromatic N) is 4. The lowest BCUT2D eigenvalue weighted by molar-refractivity contribution is -0.135. The Bertz CT molecular complexity index is 792. The van der Waals surface area contributed by atoms with Crippen LogP contribution in [0.15, 0.2) is 42.7 Å². The number of rotatable bonds is 4. The van der Waals surface area contributed by atoms with Crippen molar-refractivity contribution in [2.24, 2.45) is 5.41 Å². The number of carbonyl (C=O) groups excluding carboxylic acids is 1. The molecule has 2 fully saturated rings. The van der Waals surface area contributed by atoms with Crippen molar-refractivity contribution in [2.45, 2.75) is 45.6 Å². The summed E-state index contributed by atoms with van der Waals surface area (Å²) < 4.78 is 1.94. The van der Waals surface area contributed by atoms with Crippen molar-refractivity contribution in [1.82, 2.24) is 19.4 Å². The van der Waals surface area contributed by atoms with E-state index in [0.717, 1.165) is 44.8 Å². The Morgan fingerprint density at radius 1 is 1.21 bits per heavy atom. The third kappa shape index (κ3) is 4.00. The fraction of sp³-hybridized carbons (Fsp3) is 0.565. The minimum absolute atomic E-state index is 0.221. The van der Waals surface area contributed by atoms with E-state index in [2.05, 4.69) is 52.0 Å². The molecule has 1 aromatic heterocycles. The second kappa shape index (κ2) is 8.08. The number of hydrogen-bond acceptors (Lipinski definition) is 3. The van der Waals surface area contributed by atoms with Crippen LogP contribution in [0.4, 0.5) is 0 Å². The molecule has 1 amide bonds. The molecule has 4 rings (SSSR count). The third-order valence-electron chi connectivity index (χ3n) is 6.84. The van der Waals surface area contributed by atoms with Crippen LogP contribution in [0.5, 0.6) is 0 Å². The summed E-state index contributed by atoms with van der Waals surface area (Å²) in [6.07, 6.45) is 7.13.